The number of fused-ring (bicyclic) bond motifs is 3. The minimum atomic E-state index is 0.518. The van der Waals surface area contributed by atoms with Gasteiger partial charge in [-0.2, -0.15) is 0 Å². The SMILES string of the molecule is CC(c1cc2ccccc2s1)N(C)C1CC2CCC(C1)N2. The summed E-state index contributed by atoms with van der Waals surface area (Å²) in [5, 5.41) is 5.14. The normalized spacial score (nSPS) is 30.1. The van der Waals surface area contributed by atoms with Gasteiger partial charge in [0.2, 0.25) is 0 Å². The van der Waals surface area contributed by atoms with Crippen molar-refractivity contribution in [3.8, 4) is 0 Å². The van der Waals surface area contributed by atoms with Crippen molar-refractivity contribution in [1.29, 1.82) is 0 Å². The van der Waals surface area contributed by atoms with Crippen LogP contribution in [0.4, 0.5) is 0 Å². The molecule has 112 valence electrons. The maximum atomic E-state index is 3.75. The lowest BCUT2D eigenvalue weighted by Gasteiger charge is -2.38. The number of rotatable bonds is 3. The molecule has 2 saturated heterocycles. The van der Waals surface area contributed by atoms with Crippen LogP contribution in [0.25, 0.3) is 10.1 Å². The third-order valence-electron chi connectivity index (χ3n) is 5.49. The summed E-state index contributed by atoms with van der Waals surface area (Å²) >= 11 is 1.96. The van der Waals surface area contributed by atoms with Crippen molar-refractivity contribution in [3.63, 3.8) is 0 Å². The summed E-state index contributed by atoms with van der Waals surface area (Å²) in [6.45, 7) is 2.37. The summed E-state index contributed by atoms with van der Waals surface area (Å²) < 4.78 is 1.41. The van der Waals surface area contributed by atoms with Gasteiger partial charge in [-0.25, -0.2) is 0 Å². The molecular weight excluding hydrogens is 276 g/mol. The van der Waals surface area contributed by atoms with E-state index in [4.69, 9.17) is 0 Å². The van der Waals surface area contributed by atoms with Gasteiger partial charge in [0.05, 0.1) is 0 Å². The Morgan fingerprint density at radius 3 is 2.62 bits per heavy atom. The Morgan fingerprint density at radius 2 is 1.90 bits per heavy atom. The van der Waals surface area contributed by atoms with E-state index in [1.165, 1.54) is 40.6 Å². The van der Waals surface area contributed by atoms with Crippen molar-refractivity contribution in [1.82, 2.24) is 10.2 Å². The van der Waals surface area contributed by atoms with Gasteiger partial charge in [-0.1, -0.05) is 18.2 Å². The van der Waals surface area contributed by atoms with Gasteiger partial charge in [-0.3, -0.25) is 4.90 Å². The second-order valence-corrected chi connectivity index (χ2v) is 7.91. The van der Waals surface area contributed by atoms with Gasteiger partial charge in [-0.15, -0.1) is 11.3 Å². The molecule has 2 aliphatic heterocycles. The fourth-order valence-corrected chi connectivity index (χ4v) is 5.25. The molecule has 0 spiro atoms. The molecule has 2 aromatic rings. The van der Waals surface area contributed by atoms with E-state index in [1.54, 1.807) is 0 Å². The van der Waals surface area contributed by atoms with Crippen LogP contribution in [0.5, 0.6) is 0 Å². The molecule has 2 fully saturated rings. The first-order valence-corrected chi connectivity index (χ1v) is 8.99. The van der Waals surface area contributed by atoms with E-state index in [1.807, 2.05) is 11.3 Å². The summed E-state index contributed by atoms with van der Waals surface area (Å²) in [7, 11) is 2.32. The molecule has 4 rings (SSSR count). The standard InChI is InChI=1S/C18H24N2S/c1-12(18-9-13-5-3-4-6-17(13)21-18)20(2)16-10-14-7-8-15(11-16)19-14/h3-6,9,12,14-16,19H,7-8,10-11H2,1-2H3. The highest BCUT2D eigenvalue weighted by atomic mass is 32.1. The molecule has 1 N–H and O–H groups in total. The Balaban J connectivity index is 1.54. The monoisotopic (exact) mass is 300 g/mol. The highest BCUT2D eigenvalue weighted by molar-refractivity contribution is 7.19. The molecule has 0 radical (unpaired) electrons. The Hall–Kier alpha value is -0.900. The Morgan fingerprint density at radius 1 is 1.19 bits per heavy atom. The molecule has 3 unspecified atom stereocenters. The van der Waals surface area contributed by atoms with Gasteiger partial charge in [0, 0.05) is 33.7 Å². The zero-order chi connectivity index (χ0) is 14.4. The first kappa shape index (κ1) is 13.7. The van der Waals surface area contributed by atoms with Crippen molar-refractivity contribution in [2.24, 2.45) is 0 Å². The topological polar surface area (TPSA) is 15.3 Å². The molecule has 2 bridgehead atoms. The average molecular weight is 300 g/mol. The van der Waals surface area contributed by atoms with Crippen molar-refractivity contribution in [2.45, 2.75) is 56.8 Å². The van der Waals surface area contributed by atoms with Crippen LogP contribution in [0, 0.1) is 0 Å². The molecule has 3 heteroatoms. The average Bonchev–Trinajstić information content (AvgIpc) is 3.08. The first-order valence-electron chi connectivity index (χ1n) is 8.17. The summed E-state index contributed by atoms with van der Waals surface area (Å²) in [4.78, 5) is 4.13. The Bertz CT molecular complexity index is 590. The van der Waals surface area contributed by atoms with Crippen molar-refractivity contribution in [2.75, 3.05) is 7.05 Å². The highest BCUT2D eigenvalue weighted by Gasteiger charge is 2.36. The maximum absolute atomic E-state index is 3.75. The second-order valence-electron chi connectivity index (χ2n) is 6.79. The maximum Gasteiger partial charge on any atom is 0.0413 e. The molecule has 1 aromatic heterocycles. The predicted molar refractivity (Wildman–Crippen MR) is 91.0 cm³/mol. The third-order valence-corrected chi connectivity index (χ3v) is 6.78. The number of nitrogens with zero attached hydrogens (tertiary/aromatic N) is 1. The van der Waals surface area contributed by atoms with Crippen LogP contribution in [-0.2, 0) is 0 Å². The van der Waals surface area contributed by atoms with Crippen molar-refractivity contribution >= 4 is 21.4 Å². The fraction of sp³-hybridized carbons (Fsp3) is 0.556. The number of thiophene rings is 1. The Labute approximate surface area is 131 Å². The molecule has 3 atom stereocenters. The number of hydrogen-bond donors (Lipinski definition) is 1. The van der Waals surface area contributed by atoms with Gasteiger partial charge in [0.25, 0.3) is 0 Å². The smallest absolute Gasteiger partial charge is 0.0413 e. The highest BCUT2D eigenvalue weighted by Crippen LogP contribution is 2.36. The molecule has 1 aromatic carbocycles. The van der Waals surface area contributed by atoms with Gasteiger partial charge < -0.3 is 5.32 Å². The molecule has 0 saturated carbocycles. The lowest BCUT2D eigenvalue weighted by molar-refractivity contribution is 0.134. The molecule has 0 aliphatic carbocycles. The van der Waals surface area contributed by atoms with Gasteiger partial charge in [-0.05, 0) is 57.2 Å². The Kier molecular flexibility index (Phi) is 3.52. The van der Waals surface area contributed by atoms with Crippen LogP contribution < -0.4 is 5.32 Å². The van der Waals surface area contributed by atoms with Gasteiger partial charge in [0.15, 0.2) is 0 Å². The molecule has 21 heavy (non-hydrogen) atoms. The quantitative estimate of drug-likeness (QED) is 0.915. The van der Waals surface area contributed by atoms with Crippen LogP contribution in [-0.4, -0.2) is 30.1 Å². The van der Waals surface area contributed by atoms with E-state index in [-0.39, 0.29) is 0 Å². The molecule has 0 amide bonds. The lowest BCUT2D eigenvalue weighted by Crippen LogP contribution is -2.47. The minimum absolute atomic E-state index is 0.518. The van der Waals surface area contributed by atoms with E-state index >= 15 is 0 Å². The van der Waals surface area contributed by atoms with E-state index in [9.17, 15) is 0 Å². The number of benzene rings is 1. The van der Waals surface area contributed by atoms with E-state index in [0.717, 1.165) is 18.1 Å². The summed E-state index contributed by atoms with van der Waals surface area (Å²) in [6, 6.07) is 13.9. The number of piperidine rings is 1. The van der Waals surface area contributed by atoms with E-state index in [0.29, 0.717) is 6.04 Å². The van der Waals surface area contributed by atoms with Gasteiger partial charge in [0.1, 0.15) is 0 Å². The first-order chi connectivity index (χ1) is 10.2. The summed E-state index contributed by atoms with van der Waals surface area (Å²) in [5.74, 6) is 0. The summed E-state index contributed by atoms with van der Waals surface area (Å²) in [6.07, 6.45) is 5.41. The number of nitrogens with one attached hydrogen (secondary N) is 1. The van der Waals surface area contributed by atoms with E-state index in [2.05, 4.69) is 54.5 Å². The summed E-state index contributed by atoms with van der Waals surface area (Å²) in [5.41, 5.74) is 0. The van der Waals surface area contributed by atoms with Crippen LogP contribution in [0.15, 0.2) is 30.3 Å². The van der Waals surface area contributed by atoms with Crippen LogP contribution in [0.2, 0.25) is 0 Å². The lowest BCUT2D eigenvalue weighted by atomic mass is 9.97. The minimum Gasteiger partial charge on any atom is -0.311 e. The third kappa shape index (κ3) is 2.52. The zero-order valence-electron chi connectivity index (χ0n) is 12.9. The van der Waals surface area contributed by atoms with Gasteiger partial charge >= 0.3 is 0 Å². The van der Waals surface area contributed by atoms with Crippen LogP contribution in [0.1, 0.15) is 43.5 Å². The largest absolute Gasteiger partial charge is 0.311 e. The predicted octanol–water partition coefficient (Wildman–Crippen LogP) is 4.18. The molecule has 3 heterocycles. The van der Waals surface area contributed by atoms with E-state index < -0.39 is 0 Å². The molecular formula is C18H24N2S. The van der Waals surface area contributed by atoms with Crippen LogP contribution in [0.3, 0.4) is 0 Å². The molecule has 2 aliphatic rings. The van der Waals surface area contributed by atoms with Crippen molar-refractivity contribution in [3.05, 3.63) is 35.2 Å². The van der Waals surface area contributed by atoms with Crippen LogP contribution >= 0.6 is 11.3 Å². The number of hydrogen-bond acceptors (Lipinski definition) is 3. The fourth-order valence-electron chi connectivity index (χ4n) is 4.08. The second kappa shape index (κ2) is 5.38. The van der Waals surface area contributed by atoms with Crippen molar-refractivity contribution < 1.29 is 0 Å². The zero-order valence-corrected chi connectivity index (χ0v) is 13.7. The molecule has 2 nitrogen and oxygen atoms in total.